The average Bonchev–Trinajstić information content (AvgIpc) is 3.11. The fourth-order valence-corrected chi connectivity index (χ4v) is 4.00. The predicted molar refractivity (Wildman–Crippen MR) is 113 cm³/mol. The van der Waals surface area contributed by atoms with Gasteiger partial charge in [-0.1, -0.05) is 42.0 Å². The molecule has 6 nitrogen and oxygen atoms in total. The van der Waals surface area contributed by atoms with Gasteiger partial charge in [0.1, 0.15) is 0 Å². The molecule has 4 aromatic rings. The highest BCUT2D eigenvalue weighted by Gasteiger charge is 2.08. The highest BCUT2D eigenvalue weighted by atomic mass is 32.1. The number of thiazole rings is 1. The first-order valence-corrected chi connectivity index (χ1v) is 10.1. The van der Waals surface area contributed by atoms with E-state index in [-0.39, 0.29) is 11.5 Å². The lowest BCUT2D eigenvalue weighted by molar-refractivity contribution is -0.116. The third-order valence-corrected chi connectivity index (χ3v) is 5.53. The zero-order valence-corrected chi connectivity index (χ0v) is 16.1. The van der Waals surface area contributed by atoms with Gasteiger partial charge in [0.25, 0.3) is 5.56 Å². The van der Waals surface area contributed by atoms with Crippen LogP contribution in [-0.2, 0) is 11.3 Å². The summed E-state index contributed by atoms with van der Waals surface area (Å²) in [5, 5.41) is 4.15. The number of unbranched alkanes of at least 4 members (excludes halogenated alkanes) is 2. The molecule has 0 saturated heterocycles. The number of aromatic nitrogens is 3. The molecular formula is C21H20N4O2S. The van der Waals surface area contributed by atoms with E-state index in [1.54, 1.807) is 17.0 Å². The lowest BCUT2D eigenvalue weighted by atomic mass is 10.2. The van der Waals surface area contributed by atoms with Crippen LogP contribution in [0.1, 0.15) is 25.7 Å². The summed E-state index contributed by atoms with van der Waals surface area (Å²) >= 11 is 1.48. The molecular weight excluding hydrogens is 372 g/mol. The summed E-state index contributed by atoms with van der Waals surface area (Å²) in [6.45, 7) is 0.607. The van der Waals surface area contributed by atoms with E-state index in [4.69, 9.17) is 0 Å². The number of para-hydroxylation sites is 2. The third kappa shape index (κ3) is 4.09. The first-order valence-electron chi connectivity index (χ1n) is 9.30. The van der Waals surface area contributed by atoms with Gasteiger partial charge in [0.2, 0.25) is 5.91 Å². The van der Waals surface area contributed by atoms with Crippen LogP contribution in [0.5, 0.6) is 0 Å². The number of nitrogens with one attached hydrogen (secondary N) is 1. The van der Waals surface area contributed by atoms with Gasteiger partial charge >= 0.3 is 0 Å². The molecule has 0 spiro atoms. The molecule has 0 saturated carbocycles. The van der Waals surface area contributed by atoms with Gasteiger partial charge in [-0.2, -0.15) is 0 Å². The van der Waals surface area contributed by atoms with E-state index in [2.05, 4.69) is 15.3 Å². The summed E-state index contributed by atoms with van der Waals surface area (Å²) in [4.78, 5) is 33.3. The van der Waals surface area contributed by atoms with E-state index in [1.807, 2.05) is 42.5 Å². The molecule has 0 radical (unpaired) electrons. The quantitative estimate of drug-likeness (QED) is 0.478. The maximum absolute atomic E-state index is 12.4. The van der Waals surface area contributed by atoms with Crippen LogP contribution in [-0.4, -0.2) is 20.4 Å². The average molecular weight is 392 g/mol. The number of nitrogens with zero attached hydrogens (tertiary/aromatic N) is 3. The third-order valence-electron chi connectivity index (χ3n) is 4.57. The number of carbonyl (C=O) groups excluding carboxylic acids is 1. The Morgan fingerprint density at radius 3 is 2.64 bits per heavy atom. The van der Waals surface area contributed by atoms with Crippen molar-refractivity contribution in [1.82, 2.24) is 14.5 Å². The van der Waals surface area contributed by atoms with Gasteiger partial charge in [-0.3, -0.25) is 14.2 Å². The molecule has 1 N–H and O–H groups in total. The molecule has 0 fully saturated rings. The van der Waals surface area contributed by atoms with Crippen molar-refractivity contribution in [1.29, 1.82) is 0 Å². The summed E-state index contributed by atoms with van der Waals surface area (Å²) in [6, 6.07) is 15.2. The number of carbonyl (C=O) groups is 1. The van der Waals surface area contributed by atoms with Gasteiger partial charge in [-0.05, 0) is 37.1 Å². The van der Waals surface area contributed by atoms with Crippen LogP contribution in [0, 0.1) is 0 Å². The molecule has 0 unspecified atom stereocenters. The highest BCUT2D eigenvalue weighted by molar-refractivity contribution is 7.22. The molecule has 2 aromatic carbocycles. The number of hydrogen-bond acceptors (Lipinski definition) is 5. The molecule has 0 aliphatic carbocycles. The first-order chi connectivity index (χ1) is 13.7. The lowest BCUT2D eigenvalue weighted by Gasteiger charge is -2.06. The van der Waals surface area contributed by atoms with Crippen molar-refractivity contribution < 1.29 is 4.79 Å². The minimum Gasteiger partial charge on any atom is -0.302 e. The Kier molecular flexibility index (Phi) is 5.43. The summed E-state index contributed by atoms with van der Waals surface area (Å²) in [6.07, 6.45) is 4.51. The Morgan fingerprint density at radius 2 is 1.79 bits per heavy atom. The van der Waals surface area contributed by atoms with E-state index in [9.17, 15) is 9.59 Å². The van der Waals surface area contributed by atoms with Crippen molar-refractivity contribution in [2.24, 2.45) is 0 Å². The minimum atomic E-state index is -0.0244. The van der Waals surface area contributed by atoms with E-state index >= 15 is 0 Å². The smallest absolute Gasteiger partial charge is 0.261 e. The molecule has 0 aliphatic heterocycles. The summed E-state index contributed by atoms with van der Waals surface area (Å²) in [7, 11) is 0. The molecule has 28 heavy (non-hydrogen) atoms. The van der Waals surface area contributed by atoms with E-state index < -0.39 is 0 Å². The summed E-state index contributed by atoms with van der Waals surface area (Å²) < 4.78 is 2.70. The van der Waals surface area contributed by atoms with Crippen molar-refractivity contribution in [2.75, 3.05) is 5.32 Å². The van der Waals surface area contributed by atoms with Gasteiger partial charge in [0, 0.05) is 13.0 Å². The van der Waals surface area contributed by atoms with Gasteiger partial charge in [-0.15, -0.1) is 0 Å². The van der Waals surface area contributed by atoms with Crippen molar-refractivity contribution >= 4 is 43.5 Å². The van der Waals surface area contributed by atoms with Crippen LogP contribution in [0.25, 0.3) is 21.1 Å². The normalized spacial score (nSPS) is 11.1. The van der Waals surface area contributed by atoms with E-state index in [0.717, 1.165) is 35.0 Å². The summed E-state index contributed by atoms with van der Waals surface area (Å²) in [5.74, 6) is -0.0244. The van der Waals surface area contributed by atoms with Gasteiger partial charge in [-0.25, -0.2) is 9.97 Å². The van der Waals surface area contributed by atoms with Crippen LogP contribution in [0.15, 0.2) is 59.7 Å². The second kappa shape index (κ2) is 8.31. The van der Waals surface area contributed by atoms with Gasteiger partial charge in [0.15, 0.2) is 5.13 Å². The van der Waals surface area contributed by atoms with Gasteiger partial charge < -0.3 is 5.32 Å². The molecule has 0 bridgehead atoms. The molecule has 0 atom stereocenters. The molecule has 142 valence electrons. The van der Waals surface area contributed by atoms with E-state index in [0.29, 0.717) is 23.5 Å². The Balaban J connectivity index is 1.24. The Hall–Kier alpha value is -3.06. The standard InChI is InChI=1S/C21H20N4O2S/c26-19(24-21-23-17-10-5-6-11-18(17)28-21)12-2-1-7-13-25-14-22-16-9-4-3-8-15(16)20(25)27/h3-6,8-11,14H,1-2,7,12-13H2,(H,23,24,26). The zero-order chi connectivity index (χ0) is 19.3. The maximum Gasteiger partial charge on any atom is 0.261 e. The van der Waals surface area contributed by atoms with Crippen molar-refractivity contribution in [3.63, 3.8) is 0 Å². The van der Waals surface area contributed by atoms with Crippen LogP contribution < -0.4 is 10.9 Å². The van der Waals surface area contributed by atoms with Crippen LogP contribution in [0.4, 0.5) is 5.13 Å². The molecule has 0 aliphatic rings. The number of fused-ring (bicyclic) bond motifs is 2. The fourth-order valence-electron chi connectivity index (χ4n) is 3.12. The number of amides is 1. The molecule has 1 amide bonds. The number of rotatable bonds is 7. The summed E-state index contributed by atoms with van der Waals surface area (Å²) in [5.41, 5.74) is 1.60. The second-order valence-electron chi connectivity index (χ2n) is 6.61. The molecule has 2 heterocycles. The van der Waals surface area contributed by atoms with Crippen LogP contribution >= 0.6 is 11.3 Å². The number of aryl methyl sites for hydroxylation is 1. The molecule has 4 rings (SSSR count). The van der Waals surface area contributed by atoms with Gasteiger partial charge in [0.05, 0.1) is 27.4 Å². The van der Waals surface area contributed by atoms with Crippen LogP contribution in [0.3, 0.4) is 0 Å². The molecule has 2 aromatic heterocycles. The van der Waals surface area contributed by atoms with Crippen molar-refractivity contribution in [3.05, 3.63) is 65.2 Å². The maximum atomic E-state index is 12.4. The minimum absolute atomic E-state index is 0.0146. The first kappa shape index (κ1) is 18.3. The fraction of sp³-hybridized carbons (Fsp3) is 0.238. The monoisotopic (exact) mass is 392 g/mol. The van der Waals surface area contributed by atoms with E-state index in [1.165, 1.54) is 11.3 Å². The largest absolute Gasteiger partial charge is 0.302 e. The number of anilines is 1. The second-order valence-corrected chi connectivity index (χ2v) is 7.64. The topological polar surface area (TPSA) is 76.9 Å². The Bertz CT molecular complexity index is 1150. The van der Waals surface area contributed by atoms with Crippen molar-refractivity contribution in [3.8, 4) is 0 Å². The predicted octanol–water partition coefficient (Wildman–Crippen LogP) is 4.21. The van der Waals surface area contributed by atoms with Crippen LogP contribution in [0.2, 0.25) is 0 Å². The molecule has 7 heteroatoms. The Labute approximate surface area is 165 Å². The number of benzene rings is 2. The SMILES string of the molecule is O=C(CCCCCn1cnc2ccccc2c1=O)Nc1nc2ccccc2s1. The number of hydrogen-bond donors (Lipinski definition) is 1. The Morgan fingerprint density at radius 1 is 1.00 bits per heavy atom. The lowest BCUT2D eigenvalue weighted by Crippen LogP contribution is -2.20. The highest BCUT2D eigenvalue weighted by Crippen LogP contribution is 2.25. The zero-order valence-electron chi connectivity index (χ0n) is 15.3. The van der Waals surface area contributed by atoms with Crippen molar-refractivity contribution in [2.45, 2.75) is 32.2 Å².